The van der Waals surface area contributed by atoms with Gasteiger partial charge in [-0.15, -0.1) is 0 Å². The van der Waals surface area contributed by atoms with Gasteiger partial charge in [-0.2, -0.15) is 0 Å². The Morgan fingerprint density at radius 3 is 2.67 bits per heavy atom. The van der Waals surface area contributed by atoms with E-state index in [9.17, 15) is 9.59 Å². The summed E-state index contributed by atoms with van der Waals surface area (Å²) in [6.45, 7) is 2.89. The van der Waals surface area contributed by atoms with Crippen LogP contribution < -0.4 is 0 Å². The van der Waals surface area contributed by atoms with E-state index in [4.69, 9.17) is 13.6 Å². The van der Waals surface area contributed by atoms with Crippen molar-refractivity contribution < 1.29 is 23.2 Å². The molecule has 0 aromatic heterocycles. The first-order valence-electron chi connectivity index (χ1n) is 9.45. The number of rotatable bonds is 3. The molecule has 1 aromatic carbocycles. The molecular formula is C18H26N2O4. The average molecular weight is 337 g/mol. The molecule has 24 heavy (non-hydrogen) atoms. The topological polar surface area (TPSA) is 59.1 Å². The molecule has 1 heterocycles. The minimum Gasteiger partial charge on any atom is -0.445 e. The molecule has 1 saturated heterocycles. The van der Waals surface area contributed by atoms with E-state index in [0.29, 0.717) is 13.0 Å². The van der Waals surface area contributed by atoms with Crippen molar-refractivity contribution in [3.05, 3.63) is 35.9 Å². The van der Waals surface area contributed by atoms with Crippen molar-refractivity contribution in [3.63, 3.8) is 0 Å². The molecule has 2 rings (SSSR count). The summed E-state index contributed by atoms with van der Waals surface area (Å²) < 4.78 is 33.6. The molecule has 132 valence electrons. The molecule has 1 aliphatic rings. The van der Waals surface area contributed by atoms with Gasteiger partial charge in [-0.3, -0.25) is 0 Å². The number of carbonyl (C=O) groups is 2. The second kappa shape index (κ2) is 7.55. The Bertz CT molecular complexity index is 659. The van der Waals surface area contributed by atoms with E-state index in [2.05, 4.69) is 0 Å². The van der Waals surface area contributed by atoms with Crippen LogP contribution in [0.1, 0.15) is 36.9 Å². The van der Waals surface area contributed by atoms with Gasteiger partial charge in [0, 0.05) is 24.2 Å². The Balaban J connectivity index is 1.98. The Hall–Kier alpha value is -2.24. The minimum absolute atomic E-state index is 0.0885. The number of hydrogen-bond acceptors (Lipinski definition) is 4. The van der Waals surface area contributed by atoms with E-state index in [1.165, 1.54) is 4.90 Å². The summed E-state index contributed by atoms with van der Waals surface area (Å²) in [5.74, 6) is 0. The van der Waals surface area contributed by atoms with Gasteiger partial charge >= 0.3 is 12.2 Å². The third-order valence-corrected chi connectivity index (χ3v) is 3.58. The van der Waals surface area contributed by atoms with Crippen LogP contribution in [0.25, 0.3) is 0 Å². The molecule has 6 heteroatoms. The number of hydrogen-bond donors (Lipinski definition) is 0. The molecule has 0 bridgehead atoms. The average Bonchev–Trinajstić information content (AvgIpc) is 3.00. The van der Waals surface area contributed by atoms with Crippen LogP contribution in [0.2, 0.25) is 0 Å². The zero-order valence-corrected chi connectivity index (χ0v) is 14.3. The highest BCUT2D eigenvalue weighted by molar-refractivity contribution is 5.70. The van der Waals surface area contributed by atoms with Crippen molar-refractivity contribution in [3.8, 4) is 0 Å². The van der Waals surface area contributed by atoms with Crippen LogP contribution >= 0.6 is 0 Å². The number of benzene rings is 1. The lowest BCUT2D eigenvalue weighted by molar-refractivity contribution is 0.0225. The van der Waals surface area contributed by atoms with Gasteiger partial charge in [-0.05, 0) is 32.8 Å². The van der Waals surface area contributed by atoms with Gasteiger partial charge in [0.25, 0.3) is 0 Å². The van der Waals surface area contributed by atoms with Crippen LogP contribution in [0.4, 0.5) is 9.59 Å². The number of amides is 2. The summed E-state index contributed by atoms with van der Waals surface area (Å²) in [5, 5.41) is 0. The first-order chi connectivity index (χ1) is 12.5. The Morgan fingerprint density at radius 1 is 1.33 bits per heavy atom. The monoisotopic (exact) mass is 337 g/mol. The highest BCUT2D eigenvalue weighted by Gasteiger charge is 2.33. The normalized spacial score (nSPS) is 19.9. The lowest BCUT2D eigenvalue weighted by Crippen LogP contribution is -2.42. The molecule has 0 saturated carbocycles. The second-order valence-electron chi connectivity index (χ2n) is 6.78. The lowest BCUT2D eigenvalue weighted by atomic mass is 10.2. The largest absolute Gasteiger partial charge is 0.445 e. The van der Waals surface area contributed by atoms with Crippen molar-refractivity contribution in [2.45, 2.75) is 45.4 Å². The predicted molar refractivity (Wildman–Crippen MR) is 90.6 cm³/mol. The van der Waals surface area contributed by atoms with Gasteiger partial charge in [-0.25, -0.2) is 9.59 Å². The second-order valence-corrected chi connectivity index (χ2v) is 6.78. The fourth-order valence-electron chi connectivity index (χ4n) is 2.39. The standard InChI is InChI=1S/C18H26N2O4/c1-18(2,3)24-16(21)19(4)15-10-11-20(12-15)17(22)23-13-14-8-6-5-7-9-14/h5-9,15H,10-13H2,1-4H3/t15-/m0/s1/i4D3. The summed E-state index contributed by atoms with van der Waals surface area (Å²) in [5.41, 5.74) is 0.0486. The van der Waals surface area contributed by atoms with E-state index in [1.54, 1.807) is 20.8 Å². The minimum atomic E-state index is -2.66. The molecule has 0 unspecified atom stereocenters. The lowest BCUT2D eigenvalue weighted by Gasteiger charge is -2.28. The van der Waals surface area contributed by atoms with Crippen molar-refractivity contribution in [2.75, 3.05) is 20.1 Å². The molecule has 1 atom stereocenters. The highest BCUT2D eigenvalue weighted by Crippen LogP contribution is 2.18. The van der Waals surface area contributed by atoms with Crippen LogP contribution in [0.5, 0.6) is 0 Å². The zero-order chi connectivity index (χ0) is 20.2. The summed E-state index contributed by atoms with van der Waals surface area (Å²) >= 11 is 0. The zero-order valence-electron chi connectivity index (χ0n) is 17.3. The molecule has 0 N–H and O–H groups in total. The number of carbonyl (C=O) groups excluding carboxylic acids is 2. The van der Waals surface area contributed by atoms with E-state index in [0.717, 1.165) is 10.5 Å². The third kappa shape index (κ3) is 5.15. The van der Waals surface area contributed by atoms with Gasteiger partial charge in [-0.1, -0.05) is 30.3 Å². The molecule has 1 aromatic rings. The maximum absolute atomic E-state index is 12.4. The number of likely N-dealkylation sites (tertiary alicyclic amines) is 1. The number of nitrogens with zero attached hydrogens (tertiary/aromatic N) is 2. The molecule has 1 aliphatic heterocycles. The molecule has 0 spiro atoms. The first kappa shape index (κ1) is 14.1. The Labute approximate surface area is 147 Å². The quantitative estimate of drug-likeness (QED) is 0.849. The molecule has 6 nitrogen and oxygen atoms in total. The van der Waals surface area contributed by atoms with Crippen LogP contribution in [-0.2, 0) is 16.1 Å². The summed E-state index contributed by atoms with van der Waals surface area (Å²) in [6.07, 6.45) is -1.10. The molecule has 0 aliphatic carbocycles. The molecular weight excluding hydrogens is 308 g/mol. The van der Waals surface area contributed by atoms with E-state index in [1.807, 2.05) is 30.3 Å². The third-order valence-electron chi connectivity index (χ3n) is 3.58. The van der Waals surface area contributed by atoms with Crippen molar-refractivity contribution >= 4 is 12.2 Å². The molecule has 0 radical (unpaired) electrons. The van der Waals surface area contributed by atoms with Crippen LogP contribution in [0, 0.1) is 0 Å². The summed E-state index contributed by atoms with van der Waals surface area (Å²) in [6, 6.07) is 8.61. The Morgan fingerprint density at radius 2 is 2.04 bits per heavy atom. The molecule has 1 fully saturated rings. The molecule has 2 amide bonds. The Kier molecular flexibility index (Phi) is 4.45. The van der Waals surface area contributed by atoms with Crippen molar-refractivity contribution in [1.29, 1.82) is 0 Å². The van der Waals surface area contributed by atoms with Gasteiger partial charge < -0.3 is 19.3 Å². The van der Waals surface area contributed by atoms with Crippen LogP contribution in [-0.4, -0.2) is 53.7 Å². The smallest absolute Gasteiger partial charge is 0.410 e. The maximum atomic E-state index is 12.4. The van der Waals surface area contributed by atoms with E-state index < -0.39 is 30.8 Å². The maximum Gasteiger partial charge on any atom is 0.410 e. The van der Waals surface area contributed by atoms with E-state index in [-0.39, 0.29) is 13.2 Å². The van der Waals surface area contributed by atoms with Gasteiger partial charge in [0.15, 0.2) is 0 Å². The van der Waals surface area contributed by atoms with Crippen LogP contribution in [0.15, 0.2) is 30.3 Å². The number of ether oxygens (including phenoxy) is 2. The number of likely N-dealkylation sites (N-methyl/N-ethyl adjacent to an activating group) is 1. The van der Waals surface area contributed by atoms with E-state index >= 15 is 0 Å². The van der Waals surface area contributed by atoms with Crippen molar-refractivity contribution in [2.24, 2.45) is 0 Å². The fraction of sp³-hybridized carbons (Fsp3) is 0.556. The van der Waals surface area contributed by atoms with Gasteiger partial charge in [0.2, 0.25) is 0 Å². The van der Waals surface area contributed by atoms with Gasteiger partial charge in [0.1, 0.15) is 12.2 Å². The van der Waals surface area contributed by atoms with Crippen molar-refractivity contribution in [1.82, 2.24) is 9.80 Å². The van der Waals surface area contributed by atoms with Gasteiger partial charge in [0.05, 0.1) is 6.04 Å². The summed E-state index contributed by atoms with van der Waals surface area (Å²) in [4.78, 5) is 26.8. The fourth-order valence-corrected chi connectivity index (χ4v) is 2.39. The first-order valence-corrected chi connectivity index (χ1v) is 7.95. The van der Waals surface area contributed by atoms with Crippen LogP contribution in [0.3, 0.4) is 0 Å². The summed E-state index contributed by atoms with van der Waals surface area (Å²) in [7, 11) is 0. The highest BCUT2D eigenvalue weighted by atomic mass is 16.6. The predicted octanol–water partition coefficient (Wildman–Crippen LogP) is 3.26. The SMILES string of the molecule is [2H]C([2H])([2H])N(C(=O)OC(C)(C)C)[C@H]1CCN(C(=O)OCc2ccccc2)C1.